The summed E-state index contributed by atoms with van der Waals surface area (Å²) in [5, 5.41) is 3.46. The van der Waals surface area contributed by atoms with Crippen LogP contribution in [0, 0.1) is 5.92 Å². The van der Waals surface area contributed by atoms with E-state index in [0.717, 1.165) is 25.6 Å². The number of hydrogen-bond donors (Lipinski definition) is 1. The summed E-state index contributed by atoms with van der Waals surface area (Å²) < 4.78 is 15.7. The molecule has 1 saturated heterocycles. The number of nitrogens with zero attached hydrogens (tertiary/aromatic N) is 1. The van der Waals surface area contributed by atoms with Crippen molar-refractivity contribution < 1.29 is 14.2 Å². The number of likely N-dealkylation sites (tertiary alicyclic amines) is 1. The van der Waals surface area contributed by atoms with Gasteiger partial charge in [-0.15, -0.1) is 0 Å². The molecule has 1 aliphatic heterocycles. The molecule has 0 radical (unpaired) electrons. The molecule has 0 saturated carbocycles. The summed E-state index contributed by atoms with van der Waals surface area (Å²) in [6.07, 6.45) is 4.01. The summed E-state index contributed by atoms with van der Waals surface area (Å²) in [4.78, 5) is 2.42. The van der Waals surface area contributed by atoms with E-state index < -0.39 is 0 Å². The Morgan fingerprint density at radius 1 is 0.950 bits per heavy atom. The van der Waals surface area contributed by atoms with E-state index in [1.54, 1.807) is 7.11 Å². The van der Waals surface area contributed by atoms with Crippen LogP contribution < -0.4 is 5.32 Å². The van der Waals surface area contributed by atoms with Crippen molar-refractivity contribution >= 4 is 0 Å². The second-order valence-corrected chi connectivity index (χ2v) is 5.50. The maximum atomic E-state index is 5.48. The average Bonchev–Trinajstić information content (AvgIpc) is 2.47. The van der Waals surface area contributed by atoms with Crippen molar-refractivity contribution in [1.29, 1.82) is 0 Å². The Balaban J connectivity index is 1.74. The predicted octanol–water partition coefficient (Wildman–Crippen LogP) is 0.988. The zero-order chi connectivity index (χ0) is 14.5. The van der Waals surface area contributed by atoms with Gasteiger partial charge >= 0.3 is 0 Å². The van der Waals surface area contributed by atoms with E-state index in [1.165, 1.54) is 32.4 Å². The van der Waals surface area contributed by atoms with Crippen molar-refractivity contribution in [2.75, 3.05) is 73.4 Å². The SMILES string of the molecule is COCCOCCOCCNCCC1CCN(C)CC1. The molecule has 0 bridgehead atoms. The molecule has 0 aromatic carbocycles. The van der Waals surface area contributed by atoms with Crippen LogP contribution in [0.1, 0.15) is 19.3 Å². The molecule has 0 aromatic heterocycles. The Hall–Kier alpha value is -0.200. The fourth-order valence-corrected chi connectivity index (χ4v) is 2.39. The van der Waals surface area contributed by atoms with Gasteiger partial charge in [-0.3, -0.25) is 0 Å². The first-order chi connectivity index (χ1) is 9.83. The highest BCUT2D eigenvalue weighted by atomic mass is 16.5. The number of rotatable bonds is 12. The maximum absolute atomic E-state index is 5.48. The van der Waals surface area contributed by atoms with Gasteiger partial charge in [0.25, 0.3) is 0 Å². The van der Waals surface area contributed by atoms with Crippen molar-refractivity contribution in [3.63, 3.8) is 0 Å². The van der Waals surface area contributed by atoms with E-state index in [9.17, 15) is 0 Å². The third-order valence-electron chi connectivity index (χ3n) is 3.79. The first-order valence-corrected chi connectivity index (χ1v) is 7.86. The van der Waals surface area contributed by atoms with Gasteiger partial charge < -0.3 is 24.4 Å². The van der Waals surface area contributed by atoms with Crippen LogP contribution in [0.2, 0.25) is 0 Å². The quantitative estimate of drug-likeness (QED) is 0.543. The maximum Gasteiger partial charge on any atom is 0.0701 e. The molecule has 5 nitrogen and oxygen atoms in total. The Bertz CT molecular complexity index is 209. The number of nitrogens with one attached hydrogen (secondary N) is 1. The standard InChI is InChI=1S/C15H32N2O3/c1-17-8-4-15(5-9-17)3-6-16-7-10-19-13-14-20-12-11-18-2/h15-16H,3-14H2,1-2H3. The fourth-order valence-electron chi connectivity index (χ4n) is 2.39. The largest absolute Gasteiger partial charge is 0.382 e. The van der Waals surface area contributed by atoms with Crippen molar-refractivity contribution in [3.05, 3.63) is 0 Å². The average molecular weight is 288 g/mol. The molecule has 1 N–H and O–H groups in total. The second-order valence-electron chi connectivity index (χ2n) is 5.50. The van der Waals surface area contributed by atoms with Gasteiger partial charge in [0.15, 0.2) is 0 Å². The van der Waals surface area contributed by atoms with E-state index in [1.807, 2.05) is 0 Å². The topological polar surface area (TPSA) is 43.0 Å². The third-order valence-corrected chi connectivity index (χ3v) is 3.79. The molecule has 20 heavy (non-hydrogen) atoms. The number of piperidine rings is 1. The van der Waals surface area contributed by atoms with E-state index in [-0.39, 0.29) is 0 Å². The Labute approximate surface area is 123 Å². The van der Waals surface area contributed by atoms with Crippen LogP contribution >= 0.6 is 0 Å². The zero-order valence-electron chi connectivity index (χ0n) is 13.2. The molecule has 0 atom stereocenters. The molecule has 0 spiro atoms. The molecule has 0 aliphatic carbocycles. The van der Waals surface area contributed by atoms with E-state index in [4.69, 9.17) is 14.2 Å². The molecule has 0 amide bonds. The minimum Gasteiger partial charge on any atom is -0.382 e. The first kappa shape index (κ1) is 17.9. The Morgan fingerprint density at radius 2 is 1.60 bits per heavy atom. The van der Waals surface area contributed by atoms with Gasteiger partial charge in [0.2, 0.25) is 0 Å². The molecule has 1 rings (SSSR count). The highest BCUT2D eigenvalue weighted by Crippen LogP contribution is 2.18. The minimum absolute atomic E-state index is 0.648. The van der Waals surface area contributed by atoms with Gasteiger partial charge in [-0.2, -0.15) is 0 Å². The van der Waals surface area contributed by atoms with Gasteiger partial charge in [-0.25, -0.2) is 0 Å². The van der Waals surface area contributed by atoms with E-state index in [0.29, 0.717) is 26.4 Å². The van der Waals surface area contributed by atoms with Crippen LogP contribution in [-0.2, 0) is 14.2 Å². The van der Waals surface area contributed by atoms with Crippen molar-refractivity contribution in [3.8, 4) is 0 Å². The van der Waals surface area contributed by atoms with Crippen LogP contribution in [0.3, 0.4) is 0 Å². The summed E-state index contributed by atoms with van der Waals surface area (Å²) in [5.41, 5.74) is 0. The molecular formula is C15H32N2O3. The number of ether oxygens (including phenoxy) is 3. The Kier molecular flexibility index (Phi) is 11.2. The fraction of sp³-hybridized carbons (Fsp3) is 1.00. The Morgan fingerprint density at radius 3 is 2.30 bits per heavy atom. The van der Waals surface area contributed by atoms with Gasteiger partial charge in [0.05, 0.1) is 33.0 Å². The van der Waals surface area contributed by atoms with Gasteiger partial charge in [0, 0.05) is 13.7 Å². The van der Waals surface area contributed by atoms with Crippen LogP contribution in [0.25, 0.3) is 0 Å². The second kappa shape index (κ2) is 12.5. The number of hydrogen-bond acceptors (Lipinski definition) is 5. The molecule has 5 heteroatoms. The molecular weight excluding hydrogens is 256 g/mol. The van der Waals surface area contributed by atoms with Gasteiger partial charge in [-0.05, 0) is 51.9 Å². The van der Waals surface area contributed by atoms with Crippen LogP contribution in [0.15, 0.2) is 0 Å². The summed E-state index contributed by atoms with van der Waals surface area (Å²) in [6, 6.07) is 0. The molecule has 0 aromatic rings. The minimum atomic E-state index is 0.648. The first-order valence-electron chi connectivity index (χ1n) is 7.86. The molecule has 1 aliphatic rings. The summed E-state index contributed by atoms with van der Waals surface area (Å²) in [5.74, 6) is 0.911. The van der Waals surface area contributed by atoms with E-state index in [2.05, 4.69) is 17.3 Å². The highest BCUT2D eigenvalue weighted by Gasteiger charge is 2.15. The molecule has 1 fully saturated rings. The predicted molar refractivity (Wildman–Crippen MR) is 81.2 cm³/mol. The lowest BCUT2D eigenvalue weighted by atomic mass is 9.94. The van der Waals surface area contributed by atoms with Crippen LogP contribution in [0.4, 0.5) is 0 Å². The van der Waals surface area contributed by atoms with Crippen molar-refractivity contribution in [2.45, 2.75) is 19.3 Å². The van der Waals surface area contributed by atoms with Gasteiger partial charge in [-0.1, -0.05) is 0 Å². The van der Waals surface area contributed by atoms with Crippen molar-refractivity contribution in [2.24, 2.45) is 5.92 Å². The van der Waals surface area contributed by atoms with E-state index >= 15 is 0 Å². The zero-order valence-corrected chi connectivity index (χ0v) is 13.2. The summed E-state index contributed by atoms with van der Waals surface area (Å²) in [6.45, 7) is 7.95. The van der Waals surface area contributed by atoms with Crippen molar-refractivity contribution in [1.82, 2.24) is 10.2 Å². The highest BCUT2D eigenvalue weighted by molar-refractivity contribution is 4.70. The lowest BCUT2D eigenvalue weighted by Crippen LogP contribution is -2.32. The number of methoxy groups -OCH3 is 1. The lowest BCUT2D eigenvalue weighted by Gasteiger charge is -2.28. The molecule has 120 valence electrons. The lowest BCUT2D eigenvalue weighted by molar-refractivity contribution is 0.0255. The smallest absolute Gasteiger partial charge is 0.0701 e. The van der Waals surface area contributed by atoms with Crippen LogP contribution in [0.5, 0.6) is 0 Å². The summed E-state index contributed by atoms with van der Waals surface area (Å²) in [7, 11) is 3.89. The normalized spacial score (nSPS) is 17.7. The monoisotopic (exact) mass is 288 g/mol. The molecule has 0 unspecified atom stereocenters. The van der Waals surface area contributed by atoms with Crippen LogP contribution in [-0.4, -0.2) is 78.3 Å². The molecule has 1 heterocycles. The summed E-state index contributed by atoms with van der Waals surface area (Å²) >= 11 is 0. The van der Waals surface area contributed by atoms with Gasteiger partial charge in [0.1, 0.15) is 0 Å². The third kappa shape index (κ3) is 9.66.